The van der Waals surface area contributed by atoms with Crippen LogP contribution in [0.15, 0.2) is 0 Å². The van der Waals surface area contributed by atoms with Crippen molar-refractivity contribution in [3.05, 3.63) is 0 Å². The van der Waals surface area contributed by atoms with Crippen LogP contribution in [0.2, 0.25) is 0 Å². The third-order valence-corrected chi connectivity index (χ3v) is 3.01. The standard InChI is InChI=1S/C12H24N2O/c1-5-6-11(15)10-9-14(8-7-13-10)12(2,3)4/h10,13H,5-9H2,1-4H3. The number of ketones is 1. The number of carbonyl (C=O) groups is 1. The smallest absolute Gasteiger partial charge is 0.151 e. The second-order valence-corrected chi connectivity index (χ2v) is 5.34. The molecule has 0 aromatic carbocycles. The Morgan fingerprint density at radius 2 is 2.13 bits per heavy atom. The number of rotatable bonds is 3. The number of hydrogen-bond acceptors (Lipinski definition) is 3. The molecule has 1 unspecified atom stereocenters. The predicted molar refractivity (Wildman–Crippen MR) is 63.0 cm³/mol. The van der Waals surface area contributed by atoms with E-state index in [9.17, 15) is 4.79 Å². The fourth-order valence-electron chi connectivity index (χ4n) is 2.00. The minimum Gasteiger partial charge on any atom is -0.305 e. The summed E-state index contributed by atoms with van der Waals surface area (Å²) in [7, 11) is 0. The number of Topliss-reactive ketones (excluding diaryl/α,β-unsaturated/α-hetero) is 1. The zero-order chi connectivity index (χ0) is 11.5. The Bertz CT molecular complexity index is 220. The Morgan fingerprint density at radius 3 is 2.67 bits per heavy atom. The fraction of sp³-hybridized carbons (Fsp3) is 0.917. The maximum Gasteiger partial charge on any atom is 0.151 e. The average molecular weight is 212 g/mol. The molecule has 0 amide bonds. The van der Waals surface area contributed by atoms with E-state index in [-0.39, 0.29) is 11.6 Å². The van der Waals surface area contributed by atoms with Gasteiger partial charge in [-0.05, 0) is 27.2 Å². The Hall–Kier alpha value is -0.410. The van der Waals surface area contributed by atoms with Gasteiger partial charge in [-0.1, -0.05) is 6.92 Å². The lowest BCUT2D eigenvalue weighted by Gasteiger charge is -2.41. The third kappa shape index (κ3) is 3.58. The predicted octanol–water partition coefficient (Wildman–Crippen LogP) is 1.43. The van der Waals surface area contributed by atoms with Crippen molar-refractivity contribution < 1.29 is 4.79 Å². The van der Waals surface area contributed by atoms with Gasteiger partial charge in [-0.15, -0.1) is 0 Å². The molecule has 0 aromatic heterocycles. The van der Waals surface area contributed by atoms with Gasteiger partial charge in [-0.25, -0.2) is 0 Å². The van der Waals surface area contributed by atoms with E-state index in [1.807, 2.05) is 0 Å². The summed E-state index contributed by atoms with van der Waals surface area (Å²) < 4.78 is 0. The summed E-state index contributed by atoms with van der Waals surface area (Å²) >= 11 is 0. The number of piperazine rings is 1. The molecule has 0 spiro atoms. The van der Waals surface area contributed by atoms with Crippen molar-refractivity contribution in [3.8, 4) is 0 Å². The van der Waals surface area contributed by atoms with Crippen molar-refractivity contribution in [3.63, 3.8) is 0 Å². The zero-order valence-electron chi connectivity index (χ0n) is 10.5. The molecule has 15 heavy (non-hydrogen) atoms. The summed E-state index contributed by atoms with van der Waals surface area (Å²) in [4.78, 5) is 14.2. The molecule has 1 fully saturated rings. The highest BCUT2D eigenvalue weighted by molar-refractivity contribution is 5.84. The Morgan fingerprint density at radius 1 is 1.47 bits per heavy atom. The van der Waals surface area contributed by atoms with Crippen LogP contribution in [0.25, 0.3) is 0 Å². The van der Waals surface area contributed by atoms with Crippen LogP contribution < -0.4 is 5.32 Å². The third-order valence-electron chi connectivity index (χ3n) is 3.01. The largest absolute Gasteiger partial charge is 0.305 e. The molecule has 88 valence electrons. The monoisotopic (exact) mass is 212 g/mol. The van der Waals surface area contributed by atoms with Crippen LogP contribution in [0, 0.1) is 0 Å². The molecule has 1 heterocycles. The molecule has 1 rings (SSSR count). The van der Waals surface area contributed by atoms with E-state index in [2.05, 4.69) is 37.9 Å². The van der Waals surface area contributed by atoms with Crippen LogP contribution >= 0.6 is 0 Å². The van der Waals surface area contributed by atoms with E-state index < -0.39 is 0 Å². The van der Waals surface area contributed by atoms with Gasteiger partial charge in [0, 0.05) is 31.6 Å². The molecule has 1 aliphatic heterocycles. The first-order chi connectivity index (χ1) is 6.95. The van der Waals surface area contributed by atoms with Crippen molar-refractivity contribution in [2.75, 3.05) is 19.6 Å². The van der Waals surface area contributed by atoms with Crippen LogP contribution in [0.5, 0.6) is 0 Å². The average Bonchev–Trinajstić information content (AvgIpc) is 2.17. The highest BCUT2D eigenvalue weighted by Crippen LogP contribution is 2.16. The minimum atomic E-state index is 0.0536. The first-order valence-corrected chi connectivity index (χ1v) is 5.96. The normalized spacial score (nSPS) is 24.1. The lowest BCUT2D eigenvalue weighted by molar-refractivity contribution is -0.122. The molecule has 0 aliphatic carbocycles. The molecule has 1 N–H and O–H groups in total. The summed E-state index contributed by atoms with van der Waals surface area (Å²) in [6.07, 6.45) is 1.65. The van der Waals surface area contributed by atoms with Crippen LogP contribution in [0.4, 0.5) is 0 Å². The van der Waals surface area contributed by atoms with E-state index >= 15 is 0 Å². The maximum absolute atomic E-state index is 11.8. The van der Waals surface area contributed by atoms with Gasteiger partial charge >= 0.3 is 0 Å². The lowest BCUT2D eigenvalue weighted by atomic mass is 10.00. The molecule has 0 radical (unpaired) electrons. The molecule has 3 heteroatoms. The van der Waals surface area contributed by atoms with E-state index in [1.165, 1.54) is 0 Å². The van der Waals surface area contributed by atoms with E-state index in [0.29, 0.717) is 12.2 Å². The first kappa shape index (κ1) is 12.7. The van der Waals surface area contributed by atoms with Crippen molar-refractivity contribution in [2.45, 2.75) is 52.1 Å². The topological polar surface area (TPSA) is 32.3 Å². The van der Waals surface area contributed by atoms with Gasteiger partial charge in [0.2, 0.25) is 0 Å². The van der Waals surface area contributed by atoms with Crippen molar-refractivity contribution in [1.29, 1.82) is 0 Å². The van der Waals surface area contributed by atoms with Crippen molar-refractivity contribution in [2.24, 2.45) is 0 Å². The Kier molecular flexibility index (Phi) is 4.29. The SMILES string of the molecule is CCCC(=O)C1CN(C(C)(C)C)CCN1. The van der Waals surface area contributed by atoms with Gasteiger partial charge in [0.15, 0.2) is 5.78 Å². The second-order valence-electron chi connectivity index (χ2n) is 5.34. The lowest BCUT2D eigenvalue weighted by Crippen LogP contribution is -2.59. The van der Waals surface area contributed by atoms with E-state index in [0.717, 1.165) is 26.1 Å². The molecule has 0 aromatic rings. The quantitative estimate of drug-likeness (QED) is 0.768. The number of nitrogens with zero attached hydrogens (tertiary/aromatic N) is 1. The van der Waals surface area contributed by atoms with Gasteiger partial charge in [-0.2, -0.15) is 0 Å². The molecular weight excluding hydrogens is 188 g/mol. The number of carbonyl (C=O) groups excluding carboxylic acids is 1. The van der Waals surface area contributed by atoms with Gasteiger partial charge in [0.25, 0.3) is 0 Å². The van der Waals surface area contributed by atoms with Gasteiger partial charge in [0.1, 0.15) is 0 Å². The first-order valence-electron chi connectivity index (χ1n) is 5.96. The minimum absolute atomic E-state index is 0.0536. The molecule has 1 aliphatic rings. The zero-order valence-corrected chi connectivity index (χ0v) is 10.5. The van der Waals surface area contributed by atoms with Gasteiger partial charge in [0.05, 0.1) is 6.04 Å². The highest BCUT2D eigenvalue weighted by atomic mass is 16.1. The number of hydrogen-bond donors (Lipinski definition) is 1. The molecule has 1 saturated heterocycles. The number of nitrogens with one attached hydrogen (secondary N) is 1. The molecule has 0 bridgehead atoms. The summed E-state index contributed by atoms with van der Waals surface area (Å²) in [6, 6.07) is 0.0536. The van der Waals surface area contributed by atoms with E-state index in [1.54, 1.807) is 0 Å². The maximum atomic E-state index is 11.8. The molecule has 0 saturated carbocycles. The van der Waals surface area contributed by atoms with Crippen molar-refractivity contribution in [1.82, 2.24) is 10.2 Å². The van der Waals surface area contributed by atoms with Gasteiger partial charge < -0.3 is 5.32 Å². The summed E-state index contributed by atoms with van der Waals surface area (Å²) in [5, 5.41) is 3.31. The molecule has 3 nitrogen and oxygen atoms in total. The molecular formula is C12H24N2O. The summed E-state index contributed by atoms with van der Waals surface area (Å²) in [5.41, 5.74) is 0.173. The van der Waals surface area contributed by atoms with Crippen LogP contribution in [0.3, 0.4) is 0 Å². The Labute approximate surface area is 93.2 Å². The van der Waals surface area contributed by atoms with Crippen LogP contribution in [0.1, 0.15) is 40.5 Å². The highest BCUT2D eigenvalue weighted by Gasteiger charge is 2.30. The molecule has 1 atom stereocenters. The van der Waals surface area contributed by atoms with Crippen LogP contribution in [-0.4, -0.2) is 41.9 Å². The van der Waals surface area contributed by atoms with Gasteiger partial charge in [-0.3, -0.25) is 9.69 Å². The summed E-state index contributed by atoms with van der Waals surface area (Å²) in [6.45, 7) is 11.5. The van der Waals surface area contributed by atoms with E-state index in [4.69, 9.17) is 0 Å². The fourth-order valence-corrected chi connectivity index (χ4v) is 2.00. The van der Waals surface area contributed by atoms with Crippen molar-refractivity contribution >= 4 is 5.78 Å². The summed E-state index contributed by atoms with van der Waals surface area (Å²) in [5.74, 6) is 0.367. The second kappa shape index (κ2) is 5.08. The van der Waals surface area contributed by atoms with Crippen LogP contribution in [-0.2, 0) is 4.79 Å². The Balaban J connectivity index is 2.52.